The third-order valence-corrected chi connectivity index (χ3v) is 2.30. The first kappa shape index (κ1) is 13.0. The summed E-state index contributed by atoms with van der Waals surface area (Å²) in [5.41, 5.74) is -0.469. The van der Waals surface area contributed by atoms with Gasteiger partial charge in [-0.2, -0.15) is 0 Å². The smallest absolute Gasteiger partial charge is 0.407 e. The molecular formula is C12H21NO3. The van der Waals surface area contributed by atoms with Crippen LogP contribution in [0.4, 0.5) is 4.79 Å². The molecule has 1 heterocycles. The quantitative estimate of drug-likeness (QED) is 0.736. The molecular weight excluding hydrogens is 206 g/mol. The van der Waals surface area contributed by atoms with Crippen LogP contribution in [0.25, 0.3) is 0 Å². The molecule has 1 saturated heterocycles. The standard InChI is InChI=1S/C12H21NO3/c1-5-10-9(7-6-8-15-10)13-11(14)16-12(2,3)4/h5,9-10H,1,6-8H2,2-4H3,(H,13,14)/t9-,10+/m1/s1. The maximum Gasteiger partial charge on any atom is 0.407 e. The fourth-order valence-electron chi connectivity index (χ4n) is 1.65. The van der Waals surface area contributed by atoms with Crippen LogP contribution in [-0.4, -0.2) is 30.4 Å². The van der Waals surface area contributed by atoms with Crippen molar-refractivity contribution < 1.29 is 14.3 Å². The maximum absolute atomic E-state index is 11.6. The van der Waals surface area contributed by atoms with Gasteiger partial charge < -0.3 is 14.8 Å². The van der Waals surface area contributed by atoms with E-state index in [9.17, 15) is 4.79 Å². The number of alkyl carbamates (subject to hydrolysis) is 1. The summed E-state index contributed by atoms with van der Waals surface area (Å²) in [6, 6.07) is -0.0268. The molecule has 1 rings (SSSR count). The van der Waals surface area contributed by atoms with Gasteiger partial charge in [-0.1, -0.05) is 6.08 Å². The molecule has 1 fully saturated rings. The van der Waals surface area contributed by atoms with Crippen molar-refractivity contribution in [3.8, 4) is 0 Å². The number of amides is 1. The lowest BCUT2D eigenvalue weighted by atomic mass is 10.0. The van der Waals surface area contributed by atoms with Gasteiger partial charge in [-0.05, 0) is 33.6 Å². The van der Waals surface area contributed by atoms with Crippen LogP contribution in [0.3, 0.4) is 0 Å². The van der Waals surface area contributed by atoms with Gasteiger partial charge in [0.2, 0.25) is 0 Å². The van der Waals surface area contributed by atoms with E-state index in [2.05, 4.69) is 11.9 Å². The topological polar surface area (TPSA) is 47.6 Å². The van der Waals surface area contributed by atoms with E-state index in [1.807, 2.05) is 20.8 Å². The number of rotatable bonds is 2. The van der Waals surface area contributed by atoms with Gasteiger partial charge in [-0.3, -0.25) is 0 Å². The summed E-state index contributed by atoms with van der Waals surface area (Å²) in [5, 5.41) is 2.82. The molecule has 0 bridgehead atoms. The zero-order valence-electron chi connectivity index (χ0n) is 10.3. The van der Waals surface area contributed by atoms with E-state index in [1.54, 1.807) is 6.08 Å². The second-order valence-electron chi connectivity index (χ2n) is 4.97. The summed E-state index contributed by atoms with van der Waals surface area (Å²) in [4.78, 5) is 11.6. The van der Waals surface area contributed by atoms with Crippen molar-refractivity contribution in [3.05, 3.63) is 12.7 Å². The number of carbonyl (C=O) groups excluding carboxylic acids is 1. The van der Waals surface area contributed by atoms with E-state index in [1.165, 1.54) is 0 Å². The van der Waals surface area contributed by atoms with E-state index in [4.69, 9.17) is 9.47 Å². The van der Waals surface area contributed by atoms with Crippen molar-refractivity contribution in [1.82, 2.24) is 5.32 Å². The van der Waals surface area contributed by atoms with Gasteiger partial charge >= 0.3 is 6.09 Å². The highest BCUT2D eigenvalue weighted by molar-refractivity contribution is 5.68. The van der Waals surface area contributed by atoms with Gasteiger partial charge in [0, 0.05) is 6.61 Å². The van der Waals surface area contributed by atoms with Crippen molar-refractivity contribution in [2.45, 2.75) is 51.4 Å². The highest BCUT2D eigenvalue weighted by Gasteiger charge is 2.26. The fraction of sp³-hybridized carbons (Fsp3) is 0.750. The average molecular weight is 227 g/mol. The van der Waals surface area contributed by atoms with Crippen LogP contribution in [0.5, 0.6) is 0 Å². The minimum atomic E-state index is -0.469. The molecule has 1 amide bonds. The Labute approximate surface area is 97.0 Å². The molecule has 0 aromatic heterocycles. The van der Waals surface area contributed by atoms with Gasteiger partial charge in [-0.15, -0.1) is 6.58 Å². The molecule has 2 atom stereocenters. The van der Waals surface area contributed by atoms with Crippen LogP contribution < -0.4 is 5.32 Å². The van der Waals surface area contributed by atoms with Gasteiger partial charge in [-0.25, -0.2) is 4.79 Å². The van der Waals surface area contributed by atoms with E-state index < -0.39 is 11.7 Å². The molecule has 0 radical (unpaired) electrons. The van der Waals surface area contributed by atoms with Crippen molar-refractivity contribution in [3.63, 3.8) is 0 Å². The Morgan fingerprint density at radius 1 is 1.56 bits per heavy atom. The molecule has 0 unspecified atom stereocenters. The first-order chi connectivity index (χ1) is 7.42. The van der Waals surface area contributed by atoms with Crippen LogP contribution in [0, 0.1) is 0 Å². The molecule has 0 aromatic rings. The van der Waals surface area contributed by atoms with Crippen LogP contribution >= 0.6 is 0 Å². The summed E-state index contributed by atoms with van der Waals surface area (Å²) < 4.78 is 10.7. The van der Waals surface area contributed by atoms with Crippen molar-refractivity contribution in [1.29, 1.82) is 0 Å². The van der Waals surface area contributed by atoms with Crippen LogP contribution in [0.2, 0.25) is 0 Å². The monoisotopic (exact) mass is 227 g/mol. The van der Waals surface area contributed by atoms with Crippen LogP contribution in [0.15, 0.2) is 12.7 Å². The molecule has 16 heavy (non-hydrogen) atoms. The predicted octanol–water partition coefficient (Wildman–Crippen LogP) is 2.24. The lowest BCUT2D eigenvalue weighted by Crippen LogP contribution is -2.47. The number of hydrogen-bond donors (Lipinski definition) is 1. The Morgan fingerprint density at radius 3 is 2.81 bits per heavy atom. The molecule has 1 aliphatic rings. The summed E-state index contributed by atoms with van der Waals surface area (Å²) in [6.45, 7) is 9.95. The zero-order valence-corrected chi connectivity index (χ0v) is 10.3. The largest absolute Gasteiger partial charge is 0.444 e. The Bertz CT molecular complexity index is 257. The van der Waals surface area contributed by atoms with Crippen molar-refractivity contribution in [2.24, 2.45) is 0 Å². The average Bonchev–Trinajstić information content (AvgIpc) is 2.15. The minimum Gasteiger partial charge on any atom is -0.444 e. The predicted molar refractivity (Wildman–Crippen MR) is 62.3 cm³/mol. The number of carbonyl (C=O) groups is 1. The van der Waals surface area contributed by atoms with Crippen LogP contribution in [-0.2, 0) is 9.47 Å². The summed E-state index contributed by atoms with van der Waals surface area (Å²) >= 11 is 0. The van der Waals surface area contributed by atoms with Gasteiger partial charge in [0.15, 0.2) is 0 Å². The summed E-state index contributed by atoms with van der Waals surface area (Å²) in [6.07, 6.45) is 3.07. The van der Waals surface area contributed by atoms with Gasteiger partial charge in [0.05, 0.1) is 12.1 Å². The van der Waals surface area contributed by atoms with E-state index in [0.717, 1.165) is 19.4 Å². The van der Waals surface area contributed by atoms with Crippen LogP contribution in [0.1, 0.15) is 33.6 Å². The zero-order chi connectivity index (χ0) is 12.2. The second kappa shape index (κ2) is 5.34. The third-order valence-electron chi connectivity index (χ3n) is 2.30. The number of hydrogen-bond acceptors (Lipinski definition) is 3. The molecule has 0 saturated carbocycles. The Hall–Kier alpha value is -1.03. The molecule has 4 nitrogen and oxygen atoms in total. The van der Waals surface area contributed by atoms with Crippen molar-refractivity contribution >= 4 is 6.09 Å². The summed E-state index contributed by atoms with van der Waals surface area (Å²) in [5.74, 6) is 0. The lowest BCUT2D eigenvalue weighted by Gasteiger charge is -2.31. The highest BCUT2D eigenvalue weighted by Crippen LogP contribution is 2.15. The molecule has 1 N–H and O–H groups in total. The van der Waals surface area contributed by atoms with E-state index >= 15 is 0 Å². The molecule has 1 aliphatic heterocycles. The fourth-order valence-corrected chi connectivity index (χ4v) is 1.65. The molecule has 0 spiro atoms. The highest BCUT2D eigenvalue weighted by atomic mass is 16.6. The van der Waals surface area contributed by atoms with E-state index in [0.29, 0.717) is 0 Å². The molecule has 0 aliphatic carbocycles. The summed E-state index contributed by atoms with van der Waals surface area (Å²) in [7, 11) is 0. The normalized spacial score (nSPS) is 25.9. The van der Waals surface area contributed by atoms with Gasteiger partial charge in [0.1, 0.15) is 5.60 Å². The molecule has 4 heteroatoms. The van der Waals surface area contributed by atoms with Crippen molar-refractivity contribution in [2.75, 3.05) is 6.61 Å². The first-order valence-electron chi connectivity index (χ1n) is 5.66. The molecule has 0 aromatic carbocycles. The SMILES string of the molecule is C=C[C@@H]1OCCC[C@H]1NC(=O)OC(C)(C)C. The molecule has 92 valence electrons. The van der Waals surface area contributed by atoms with E-state index in [-0.39, 0.29) is 12.1 Å². The second-order valence-corrected chi connectivity index (χ2v) is 4.97. The Balaban J connectivity index is 2.45. The Morgan fingerprint density at radius 2 is 2.25 bits per heavy atom. The maximum atomic E-state index is 11.6. The number of ether oxygens (including phenoxy) is 2. The third kappa shape index (κ3) is 4.23. The first-order valence-corrected chi connectivity index (χ1v) is 5.66. The number of nitrogens with one attached hydrogen (secondary N) is 1. The van der Waals surface area contributed by atoms with Gasteiger partial charge in [0.25, 0.3) is 0 Å². The lowest BCUT2D eigenvalue weighted by molar-refractivity contribution is 0.00890. The minimum absolute atomic E-state index is 0.0268. The Kier molecular flexibility index (Phi) is 4.35.